The average molecular weight is 327 g/mol. The molecule has 0 radical (unpaired) electrons. The van der Waals surface area contributed by atoms with Crippen molar-refractivity contribution in [3.8, 4) is 0 Å². The van der Waals surface area contributed by atoms with Crippen molar-refractivity contribution in [3.63, 3.8) is 0 Å². The molecule has 0 saturated heterocycles. The second kappa shape index (κ2) is 5.87. The maximum Gasteiger partial charge on any atom is 0.313 e. The fourth-order valence-electron chi connectivity index (χ4n) is 5.75. The number of nitrogens with one attached hydrogen (secondary N) is 2. The number of pyridine rings is 1. The van der Waals surface area contributed by atoms with Crippen LogP contribution in [0.3, 0.4) is 0 Å². The monoisotopic (exact) mass is 327 g/mol. The summed E-state index contributed by atoms with van der Waals surface area (Å²) in [6.07, 6.45) is 10.9. The van der Waals surface area contributed by atoms with Gasteiger partial charge in [0, 0.05) is 12.2 Å². The van der Waals surface area contributed by atoms with Gasteiger partial charge in [0.1, 0.15) is 0 Å². The molecule has 1 atom stereocenters. The van der Waals surface area contributed by atoms with Crippen LogP contribution >= 0.6 is 0 Å². The van der Waals surface area contributed by atoms with Crippen LogP contribution in [0.2, 0.25) is 0 Å². The highest BCUT2D eigenvalue weighted by molar-refractivity contribution is 6.39. The highest BCUT2D eigenvalue weighted by Gasteiger charge is 2.53. The highest BCUT2D eigenvalue weighted by atomic mass is 16.2. The van der Waals surface area contributed by atoms with Gasteiger partial charge in [0.05, 0.1) is 11.9 Å². The molecule has 0 aromatic carbocycles. The van der Waals surface area contributed by atoms with Crippen molar-refractivity contribution in [2.75, 3.05) is 5.32 Å². The SMILES string of the molecule is CC(NC(=O)C(=O)Nc1cccnc1)C12CC3CC(CC(C3)C1)C2. The molecule has 1 aromatic heterocycles. The Morgan fingerprint density at radius 3 is 2.29 bits per heavy atom. The molecule has 4 aliphatic carbocycles. The normalized spacial score (nSPS) is 34.6. The van der Waals surface area contributed by atoms with Gasteiger partial charge in [-0.2, -0.15) is 0 Å². The van der Waals surface area contributed by atoms with E-state index >= 15 is 0 Å². The zero-order valence-electron chi connectivity index (χ0n) is 14.1. The molecule has 4 bridgehead atoms. The van der Waals surface area contributed by atoms with Gasteiger partial charge in [-0.05, 0) is 80.8 Å². The third-order valence-electron chi connectivity index (χ3n) is 6.48. The molecule has 0 spiro atoms. The largest absolute Gasteiger partial charge is 0.345 e. The predicted molar refractivity (Wildman–Crippen MR) is 91.1 cm³/mol. The van der Waals surface area contributed by atoms with E-state index in [1.807, 2.05) is 0 Å². The van der Waals surface area contributed by atoms with Gasteiger partial charge in [-0.15, -0.1) is 0 Å². The van der Waals surface area contributed by atoms with E-state index in [0.717, 1.165) is 17.8 Å². The van der Waals surface area contributed by atoms with Crippen LogP contribution in [0.1, 0.15) is 45.4 Å². The molecular formula is C19H25N3O2. The maximum absolute atomic E-state index is 12.3. The lowest BCUT2D eigenvalue weighted by atomic mass is 9.48. The van der Waals surface area contributed by atoms with Crippen LogP contribution in [0.5, 0.6) is 0 Å². The number of carbonyl (C=O) groups excluding carboxylic acids is 2. The fraction of sp³-hybridized carbons (Fsp3) is 0.632. The van der Waals surface area contributed by atoms with E-state index < -0.39 is 11.8 Å². The number of anilines is 1. The summed E-state index contributed by atoms with van der Waals surface area (Å²) < 4.78 is 0. The molecule has 1 unspecified atom stereocenters. The molecule has 5 nitrogen and oxygen atoms in total. The smallest absolute Gasteiger partial charge is 0.313 e. The van der Waals surface area contributed by atoms with Crippen molar-refractivity contribution in [3.05, 3.63) is 24.5 Å². The number of hydrogen-bond donors (Lipinski definition) is 2. The molecule has 4 aliphatic rings. The van der Waals surface area contributed by atoms with Crippen LogP contribution in [-0.2, 0) is 9.59 Å². The Morgan fingerprint density at radius 2 is 1.75 bits per heavy atom. The topological polar surface area (TPSA) is 71.1 Å². The molecule has 24 heavy (non-hydrogen) atoms. The van der Waals surface area contributed by atoms with Crippen molar-refractivity contribution in [2.24, 2.45) is 23.2 Å². The number of amides is 2. The molecule has 1 heterocycles. The summed E-state index contributed by atoms with van der Waals surface area (Å²) in [5, 5.41) is 5.59. The summed E-state index contributed by atoms with van der Waals surface area (Å²) in [4.78, 5) is 28.4. The molecule has 2 amide bonds. The van der Waals surface area contributed by atoms with Crippen LogP contribution in [0.15, 0.2) is 24.5 Å². The van der Waals surface area contributed by atoms with Crippen LogP contribution in [0, 0.1) is 23.2 Å². The minimum atomic E-state index is -0.612. The number of nitrogens with zero attached hydrogens (tertiary/aromatic N) is 1. The zero-order valence-corrected chi connectivity index (χ0v) is 14.1. The number of aromatic nitrogens is 1. The first-order chi connectivity index (χ1) is 11.5. The van der Waals surface area contributed by atoms with Crippen molar-refractivity contribution in [1.29, 1.82) is 0 Å². The molecule has 5 heteroatoms. The van der Waals surface area contributed by atoms with E-state index in [-0.39, 0.29) is 11.5 Å². The molecule has 2 N–H and O–H groups in total. The van der Waals surface area contributed by atoms with E-state index in [4.69, 9.17) is 0 Å². The Kier molecular flexibility index (Phi) is 3.82. The Balaban J connectivity index is 1.39. The fourth-order valence-corrected chi connectivity index (χ4v) is 5.75. The lowest BCUT2D eigenvalue weighted by Crippen LogP contribution is -2.57. The van der Waals surface area contributed by atoms with Gasteiger partial charge in [-0.25, -0.2) is 0 Å². The minimum Gasteiger partial charge on any atom is -0.345 e. The van der Waals surface area contributed by atoms with E-state index in [0.29, 0.717) is 5.69 Å². The van der Waals surface area contributed by atoms with Crippen LogP contribution < -0.4 is 10.6 Å². The minimum absolute atomic E-state index is 0.0537. The number of hydrogen-bond acceptors (Lipinski definition) is 3. The second-order valence-electron chi connectivity index (χ2n) is 8.17. The summed E-state index contributed by atoms with van der Waals surface area (Å²) in [6, 6.07) is 3.50. The first-order valence-corrected chi connectivity index (χ1v) is 9.06. The first kappa shape index (κ1) is 15.6. The Morgan fingerprint density at radius 1 is 1.12 bits per heavy atom. The van der Waals surface area contributed by atoms with Gasteiger partial charge in [-0.1, -0.05) is 0 Å². The molecule has 5 rings (SSSR count). The van der Waals surface area contributed by atoms with Crippen molar-refractivity contribution >= 4 is 17.5 Å². The molecule has 128 valence electrons. The number of carbonyl (C=O) groups is 2. The van der Waals surface area contributed by atoms with E-state index in [1.54, 1.807) is 18.3 Å². The Labute approximate surface area is 142 Å². The van der Waals surface area contributed by atoms with Crippen molar-refractivity contribution in [1.82, 2.24) is 10.3 Å². The van der Waals surface area contributed by atoms with Crippen molar-refractivity contribution in [2.45, 2.75) is 51.5 Å². The summed E-state index contributed by atoms with van der Waals surface area (Å²) in [7, 11) is 0. The third kappa shape index (κ3) is 2.80. The summed E-state index contributed by atoms with van der Waals surface area (Å²) in [5.74, 6) is 1.35. The van der Waals surface area contributed by atoms with E-state index in [9.17, 15) is 9.59 Å². The van der Waals surface area contributed by atoms with Crippen LogP contribution in [0.25, 0.3) is 0 Å². The van der Waals surface area contributed by atoms with Gasteiger partial charge in [0.2, 0.25) is 0 Å². The predicted octanol–water partition coefficient (Wildman–Crippen LogP) is 2.74. The van der Waals surface area contributed by atoms with Gasteiger partial charge in [0.15, 0.2) is 0 Å². The van der Waals surface area contributed by atoms with E-state index in [2.05, 4.69) is 22.5 Å². The standard InChI is InChI=1S/C19H25N3O2/c1-12(19-8-13-5-14(9-19)7-15(6-13)10-19)21-17(23)18(24)22-16-3-2-4-20-11-16/h2-4,11-15H,5-10H2,1H3,(H,21,23)(H,22,24). The van der Waals surface area contributed by atoms with E-state index in [1.165, 1.54) is 44.7 Å². The lowest BCUT2D eigenvalue weighted by molar-refractivity contribution is -0.138. The van der Waals surface area contributed by atoms with Gasteiger partial charge < -0.3 is 10.6 Å². The molecule has 1 aromatic rings. The van der Waals surface area contributed by atoms with Gasteiger partial charge >= 0.3 is 11.8 Å². The Bertz CT molecular complexity index is 608. The molecule has 0 aliphatic heterocycles. The maximum atomic E-state index is 12.3. The number of rotatable bonds is 3. The lowest BCUT2D eigenvalue weighted by Gasteiger charge is -2.59. The van der Waals surface area contributed by atoms with Crippen LogP contribution in [0.4, 0.5) is 5.69 Å². The van der Waals surface area contributed by atoms with Crippen LogP contribution in [-0.4, -0.2) is 22.8 Å². The van der Waals surface area contributed by atoms with Gasteiger partial charge in [-0.3, -0.25) is 14.6 Å². The Hall–Kier alpha value is -1.91. The zero-order chi connectivity index (χ0) is 16.7. The molecule has 4 saturated carbocycles. The summed E-state index contributed by atoms with van der Waals surface area (Å²) >= 11 is 0. The summed E-state index contributed by atoms with van der Waals surface area (Å²) in [5.41, 5.74) is 0.749. The quantitative estimate of drug-likeness (QED) is 0.839. The van der Waals surface area contributed by atoms with Crippen molar-refractivity contribution < 1.29 is 9.59 Å². The average Bonchev–Trinajstić information content (AvgIpc) is 2.54. The first-order valence-electron chi connectivity index (χ1n) is 9.06. The van der Waals surface area contributed by atoms with Gasteiger partial charge in [0.25, 0.3) is 0 Å². The summed E-state index contributed by atoms with van der Waals surface area (Å²) in [6.45, 7) is 2.09. The third-order valence-corrected chi connectivity index (χ3v) is 6.48. The molecule has 4 fully saturated rings. The molecular weight excluding hydrogens is 302 g/mol. The highest BCUT2D eigenvalue weighted by Crippen LogP contribution is 2.61. The second-order valence-corrected chi connectivity index (χ2v) is 8.17.